The fourth-order valence-electron chi connectivity index (χ4n) is 2.40. The number of carbonyl (C=O) groups is 1. The van der Waals surface area contributed by atoms with Crippen LogP contribution in [0.4, 0.5) is 11.4 Å². The summed E-state index contributed by atoms with van der Waals surface area (Å²) in [6, 6.07) is 13.2. The van der Waals surface area contributed by atoms with Gasteiger partial charge in [0.25, 0.3) is 5.91 Å². The number of rotatable bonds is 6. The van der Waals surface area contributed by atoms with Crippen LogP contribution in [0.2, 0.25) is 0 Å². The second-order valence-corrected chi connectivity index (χ2v) is 6.58. The van der Waals surface area contributed by atoms with Gasteiger partial charge in [-0.05, 0) is 60.9 Å². The summed E-state index contributed by atoms with van der Waals surface area (Å²) in [5, 5.41) is 2.92. The number of nitrogens with zero attached hydrogens (tertiary/aromatic N) is 1. The summed E-state index contributed by atoms with van der Waals surface area (Å²) in [5.74, 6) is 1.19. The molecule has 0 atom stereocenters. The van der Waals surface area contributed by atoms with Crippen LogP contribution >= 0.6 is 0 Å². The first-order chi connectivity index (χ1) is 11.4. The van der Waals surface area contributed by atoms with E-state index in [4.69, 9.17) is 4.74 Å². The number of hydrogen-bond donors (Lipinski definition) is 1. The minimum Gasteiger partial charge on any atom is -0.493 e. The molecule has 2 aromatic rings. The molecule has 1 amide bonds. The lowest BCUT2D eigenvalue weighted by atomic mass is 10.1. The summed E-state index contributed by atoms with van der Waals surface area (Å²) in [5.41, 5.74) is 3.59. The second-order valence-electron chi connectivity index (χ2n) is 6.58. The fraction of sp³-hybridized carbons (Fsp3) is 0.350. The van der Waals surface area contributed by atoms with Crippen molar-refractivity contribution in [1.82, 2.24) is 0 Å². The molecule has 0 aliphatic rings. The Bertz CT molecular complexity index is 691. The summed E-state index contributed by atoms with van der Waals surface area (Å²) in [6.07, 6.45) is 0. The summed E-state index contributed by atoms with van der Waals surface area (Å²) in [7, 11) is 3.98. The monoisotopic (exact) mass is 326 g/mol. The standard InChI is InChI=1S/C20H26N2O2/c1-14(2)13-24-18-9-7-17(8-10-18)21-20(23)16-6-11-19(22(4)5)15(3)12-16/h6-12,14H,13H2,1-5H3,(H,21,23). The van der Waals surface area contributed by atoms with Gasteiger partial charge in [-0.3, -0.25) is 4.79 Å². The normalized spacial score (nSPS) is 10.6. The van der Waals surface area contributed by atoms with Crippen LogP contribution in [0, 0.1) is 12.8 Å². The molecule has 0 bridgehead atoms. The molecule has 0 aliphatic carbocycles. The minimum atomic E-state index is -0.112. The zero-order chi connectivity index (χ0) is 17.7. The average molecular weight is 326 g/mol. The molecule has 0 aromatic heterocycles. The maximum atomic E-state index is 12.4. The first-order valence-electron chi connectivity index (χ1n) is 8.19. The van der Waals surface area contributed by atoms with Crippen molar-refractivity contribution in [3.05, 3.63) is 53.6 Å². The molecule has 2 aromatic carbocycles. The number of benzene rings is 2. The third-order valence-electron chi connectivity index (χ3n) is 3.64. The third-order valence-corrected chi connectivity index (χ3v) is 3.64. The van der Waals surface area contributed by atoms with Gasteiger partial charge in [-0.15, -0.1) is 0 Å². The van der Waals surface area contributed by atoms with Crippen LogP contribution in [0.3, 0.4) is 0 Å². The minimum absolute atomic E-state index is 0.112. The Morgan fingerprint density at radius 2 is 1.79 bits per heavy atom. The molecule has 24 heavy (non-hydrogen) atoms. The van der Waals surface area contributed by atoms with Crippen molar-refractivity contribution in [2.75, 3.05) is 30.9 Å². The highest BCUT2D eigenvalue weighted by Gasteiger charge is 2.09. The maximum Gasteiger partial charge on any atom is 0.255 e. The van der Waals surface area contributed by atoms with Gasteiger partial charge in [-0.25, -0.2) is 0 Å². The first-order valence-corrected chi connectivity index (χ1v) is 8.19. The van der Waals surface area contributed by atoms with E-state index in [9.17, 15) is 4.79 Å². The van der Waals surface area contributed by atoms with Gasteiger partial charge in [-0.1, -0.05) is 13.8 Å². The Hall–Kier alpha value is -2.49. The Labute approximate surface area is 144 Å². The molecular formula is C20H26N2O2. The highest BCUT2D eigenvalue weighted by molar-refractivity contribution is 6.04. The summed E-state index contributed by atoms with van der Waals surface area (Å²) < 4.78 is 5.65. The van der Waals surface area contributed by atoms with Gasteiger partial charge in [0.15, 0.2) is 0 Å². The molecule has 0 aliphatic heterocycles. The average Bonchev–Trinajstić information content (AvgIpc) is 2.53. The number of nitrogens with one attached hydrogen (secondary N) is 1. The van der Waals surface area contributed by atoms with Crippen LogP contribution < -0.4 is 15.0 Å². The molecule has 0 saturated carbocycles. The molecule has 0 unspecified atom stereocenters. The van der Waals surface area contributed by atoms with Gasteiger partial charge < -0.3 is 15.0 Å². The van der Waals surface area contributed by atoms with Gasteiger partial charge in [0.2, 0.25) is 0 Å². The van der Waals surface area contributed by atoms with E-state index in [0.29, 0.717) is 18.1 Å². The van der Waals surface area contributed by atoms with E-state index in [0.717, 1.165) is 22.7 Å². The van der Waals surface area contributed by atoms with Gasteiger partial charge in [0.1, 0.15) is 5.75 Å². The maximum absolute atomic E-state index is 12.4. The number of ether oxygens (including phenoxy) is 1. The Kier molecular flexibility index (Phi) is 5.85. The largest absolute Gasteiger partial charge is 0.493 e. The Morgan fingerprint density at radius 3 is 2.33 bits per heavy atom. The molecule has 0 spiro atoms. The highest BCUT2D eigenvalue weighted by Crippen LogP contribution is 2.21. The lowest BCUT2D eigenvalue weighted by Gasteiger charge is -2.16. The molecule has 0 radical (unpaired) electrons. The number of anilines is 2. The van der Waals surface area contributed by atoms with Crippen molar-refractivity contribution >= 4 is 17.3 Å². The summed E-state index contributed by atoms with van der Waals surface area (Å²) in [6.45, 7) is 6.91. The zero-order valence-electron chi connectivity index (χ0n) is 15.1. The summed E-state index contributed by atoms with van der Waals surface area (Å²) >= 11 is 0. The molecule has 128 valence electrons. The van der Waals surface area contributed by atoms with Crippen LogP contribution in [0.25, 0.3) is 0 Å². The van der Waals surface area contributed by atoms with Crippen molar-refractivity contribution in [3.8, 4) is 5.75 Å². The highest BCUT2D eigenvalue weighted by atomic mass is 16.5. The second kappa shape index (κ2) is 7.86. The summed E-state index contributed by atoms with van der Waals surface area (Å²) in [4.78, 5) is 14.4. The molecule has 0 fully saturated rings. The van der Waals surface area contributed by atoms with E-state index >= 15 is 0 Å². The SMILES string of the molecule is Cc1cc(C(=O)Nc2ccc(OCC(C)C)cc2)ccc1N(C)C. The number of aryl methyl sites for hydroxylation is 1. The van der Waals surface area contributed by atoms with Crippen LogP contribution in [-0.2, 0) is 0 Å². The molecule has 1 N–H and O–H groups in total. The number of amides is 1. The van der Waals surface area contributed by atoms with Crippen LogP contribution in [-0.4, -0.2) is 26.6 Å². The number of hydrogen-bond acceptors (Lipinski definition) is 3. The van der Waals surface area contributed by atoms with Gasteiger partial charge in [0, 0.05) is 31.0 Å². The Balaban J connectivity index is 2.03. The van der Waals surface area contributed by atoms with Gasteiger partial charge in [-0.2, -0.15) is 0 Å². The van der Waals surface area contributed by atoms with Gasteiger partial charge in [0.05, 0.1) is 6.61 Å². The van der Waals surface area contributed by atoms with Crippen LogP contribution in [0.1, 0.15) is 29.8 Å². The Morgan fingerprint density at radius 1 is 1.12 bits per heavy atom. The molecular weight excluding hydrogens is 300 g/mol. The topological polar surface area (TPSA) is 41.6 Å². The smallest absolute Gasteiger partial charge is 0.255 e. The molecule has 4 heteroatoms. The first kappa shape index (κ1) is 17.9. The van der Waals surface area contributed by atoms with Crippen LogP contribution in [0.5, 0.6) is 5.75 Å². The molecule has 0 heterocycles. The van der Waals surface area contributed by atoms with Crippen molar-refractivity contribution in [2.45, 2.75) is 20.8 Å². The molecule has 2 rings (SSSR count). The lowest BCUT2D eigenvalue weighted by molar-refractivity contribution is 0.102. The van der Waals surface area contributed by atoms with E-state index < -0.39 is 0 Å². The van der Waals surface area contributed by atoms with E-state index in [2.05, 4.69) is 19.2 Å². The lowest BCUT2D eigenvalue weighted by Crippen LogP contribution is -2.14. The van der Waals surface area contributed by atoms with Crippen molar-refractivity contribution in [1.29, 1.82) is 0 Å². The quantitative estimate of drug-likeness (QED) is 0.858. The van der Waals surface area contributed by atoms with E-state index in [1.165, 1.54) is 0 Å². The van der Waals surface area contributed by atoms with E-state index in [1.807, 2.05) is 68.4 Å². The predicted octanol–water partition coefficient (Wildman–Crippen LogP) is 4.35. The van der Waals surface area contributed by atoms with Crippen molar-refractivity contribution < 1.29 is 9.53 Å². The van der Waals surface area contributed by atoms with E-state index in [-0.39, 0.29) is 5.91 Å². The van der Waals surface area contributed by atoms with Crippen molar-refractivity contribution in [2.24, 2.45) is 5.92 Å². The fourth-order valence-corrected chi connectivity index (χ4v) is 2.40. The zero-order valence-corrected chi connectivity index (χ0v) is 15.1. The van der Waals surface area contributed by atoms with Crippen molar-refractivity contribution in [3.63, 3.8) is 0 Å². The molecule has 4 nitrogen and oxygen atoms in total. The molecule has 0 saturated heterocycles. The predicted molar refractivity (Wildman–Crippen MR) is 100 cm³/mol. The third kappa shape index (κ3) is 4.75. The van der Waals surface area contributed by atoms with E-state index in [1.54, 1.807) is 0 Å². The number of carbonyl (C=O) groups excluding carboxylic acids is 1. The van der Waals surface area contributed by atoms with Crippen LogP contribution in [0.15, 0.2) is 42.5 Å². The van der Waals surface area contributed by atoms with Gasteiger partial charge >= 0.3 is 0 Å².